The summed E-state index contributed by atoms with van der Waals surface area (Å²) in [6.07, 6.45) is 7.42. The van der Waals surface area contributed by atoms with E-state index in [2.05, 4.69) is 16.6 Å². The Morgan fingerprint density at radius 2 is 1.96 bits per heavy atom. The number of nitrogens with zero attached hydrogens (tertiary/aromatic N) is 1. The average Bonchev–Trinajstić information content (AvgIpc) is 2.59. The molecular formula is C18H22N2O3S. The van der Waals surface area contributed by atoms with Crippen LogP contribution in [0.5, 0.6) is 0 Å². The van der Waals surface area contributed by atoms with E-state index in [1.165, 1.54) is 18.5 Å². The first-order valence-electron chi connectivity index (χ1n) is 8.09. The van der Waals surface area contributed by atoms with Crippen molar-refractivity contribution >= 4 is 21.5 Å². The minimum atomic E-state index is -3.70. The minimum Gasteiger partial charge on any atom is -0.294 e. The van der Waals surface area contributed by atoms with E-state index >= 15 is 0 Å². The lowest BCUT2D eigenvalue weighted by molar-refractivity contribution is 0.0979. The molecule has 1 heterocycles. The van der Waals surface area contributed by atoms with Crippen molar-refractivity contribution in [3.63, 3.8) is 0 Å². The third-order valence-electron chi connectivity index (χ3n) is 3.64. The summed E-state index contributed by atoms with van der Waals surface area (Å²) in [6.45, 7) is 2.12. The molecule has 0 atom stereocenters. The summed E-state index contributed by atoms with van der Waals surface area (Å²) < 4.78 is 27.1. The third-order valence-corrected chi connectivity index (χ3v) is 5.01. The highest BCUT2D eigenvalue weighted by atomic mass is 32.2. The molecule has 1 aromatic heterocycles. The number of hydrogen-bond donors (Lipinski definition) is 1. The SMILES string of the molecule is CCCCCCC(=O)c1cccc(NS(=O)(=O)c2cccnc2)c1. The van der Waals surface area contributed by atoms with Gasteiger partial charge in [-0.05, 0) is 30.7 Å². The van der Waals surface area contributed by atoms with Crippen molar-refractivity contribution in [2.24, 2.45) is 0 Å². The number of ketones is 1. The number of sulfonamides is 1. The highest BCUT2D eigenvalue weighted by molar-refractivity contribution is 7.92. The molecule has 0 aliphatic carbocycles. The second kappa shape index (κ2) is 8.59. The van der Waals surface area contributed by atoms with Gasteiger partial charge in [0.1, 0.15) is 4.90 Å². The van der Waals surface area contributed by atoms with Crippen LogP contribution in [0.15, 0.2) is 53.7 Å². The lowest BCUT2D eigenvalue weighted by atomic mass is 10.0. The van der Waals surface area contributed by atoms with Crippen LogP contribution in [0, 0.1) is 0 Å². The van der Waals surface area contributed by atoms with Gasteiger partial charge in [-0.1, -0.05) is 38.3 Å². The molecule has 0 fully saturated rings. The van der Waals surface area contributed by atoms with Crippen molar-refractivity contribution in [2.75, 3.05) is 4.72 Å². The van der Waals surface area contributed by atoms with Crippen LogP contribution in [-0.4, -0.2) is 19.2 Å². The number of Topliss-reactive ketones (excluding diaryl/α,β-unsaturated/α-hetero) is 1. The van der Waals surface area contributed by atoms with E-state index < -0.39 is 10.0 Å². The molecule has 6 heteroatoms. The zero-order valence-corrected chi connectivity index (χ0v) is 14.6. The first-order valence-corrected chi connectivity index (χ1v) is 9.57. The van der Waals surface area contributed by atoms with Crippen molar-refractivity contribution in [1.82, 2.24) is 4.98 Å². The summed E-state index contributed by atoms with van der Waals surface area (Å²) in [4.78, 5) is 16.1. The Morgan fingerprint density at radius 3 is 2.67 bits per heavy atom. The van der Waals surface area contributed by atoms with Gasteiger partial charge in [-0.25, -0.2) is 8.42 Å². The third kappa shape index (κ3) is 5.16. The molecule has 0 saturated carbocycles. The molecule has 128 valence electrons. The fourth-order valence-electron chi connectivity index (χ4n) is 2.33. The number of hydrogen-bond acceptors (Lipinski definition) is 4. The molecule has 2 aromatic rings. The van der Waals surface area contributed by atoms with Gasteiger partial charge in [0.25, 0.3) is 10.0 Å². The molecule has 0 radical (unpaired) electrons. The highest BCUT2D eigenvalue weighted by Gasteiger charge is 2.15. The van der Waals surface area contributed by atoms with E-state index in [0.29, 0.717) is 17.7 Å². The van der Waals surface area contributed by atoms with Crippen LogP contribution in [0.1, 0.15) is 49.4 Å². The van der Waals surface area contributed by atoms with Crippen LogP contribution in [-0.2, 0) is 10.0 Å². The molecule has 0 unspecified atom stereocenters. The molecule has 0 saturated heterocycles. The smallest absolute Gasteiger partial charge is 0.263 e. The fraction of sp³-hybridized carbons (Fsp3) is 0.333. The minimum absolute atomic E-state index is 0.0357. The molecule has 1 aromatic carbocycles. The molecule has 0 spiro atoms. The Kier molecular flexibility index (Phi) is 6.49. The van der Waals surface area contributed by atoms with Gasteiger partial charge in [-0.3, -0.25) is 14.5 Å². The number of carbonyl (C=O) groups excluding carboxylic acids is 1. The van der Waals surface area contributed by atoms with Gasteiger partial charge >= 0.3 is 0 Å². The second-order valence-electron chi connectivity index (χ2n) is 5.61. The number of aromatic nitrogens is 1. The van der Waals surface area contributed by atoms with E-state index in [-0.39, 0.29) is 10.7 Å². The summed E-state index contributed by atoms with van der Waals surface area (Å²) in [5.74, 6) is 0.0357. The number of carbonyl (C=O) groups is 1. The molecule has 0 bridgehead atoms. The van der Waals surface area contributed by atoms with Crippen molar-refractivity contribution in [1.29, 1.82) is 0 Å². The predicted octanol–water partition coefficient (Wildman–Crippen LogP) is 4.04. The number of unbranched alkanes of at least 4 members (excludes halogenated alkanes) is 3. The topological polar surface area (TPSA) is 76.1 Å². The monoisotopic (exact) mass is 346 g/mol. The van der Waals surface area contributed by atoms with Crippen LogP contribution in [0.4, 0.5) is 5.69 Å². The molecule has 1 N–H and O–H groups in total. The van der Waals surface area contributed by atoms with Gasteiger partial charge in [0.2, 0.25) is 0 Å². The zero-order chi connectivity index (χ0) is 17.4. The summed E-state index contributed by atoms with van der Waals surface area (Å²) in [6, 6.07) is 9.63. The zero-order valence-electron chi connectivity index (χ0n) is 13.7. The molecule has 2 rings (SSSR count). The number of anilines is 1. The lowest BCUT2D eigenvalue weighted by Crippen LogP contribution is -2.13. The van der Waals surface area contributed by atoms with Crippen LogP contribution in [0.2, 0.25) is 0 Å². The van der Waals surface area contributed by atoms with Crippen molar-refractivity contribution < 1.29 is 13.2 Å². The normalized spacial score (nSPS) is 11.2. The molecule has 0 aliphatic rings. The fourth-order valence-corrected chi connectivity index (χ4v) is 3.35. The Bertz CT molecular complexity index is 774. The van der Waals surface area contributed by atoms with Gasteiger partial charge in [-0.15, -0.1) is 0 Å². The maximum atomic E-state index is 12.3. The van der Waals surface area contributed by atoms with Crippen LogP contribution >= 0.6 is 0 Å². The molecule has 24 heavy (non-hydrogen) atoms. The Balaban J connectivity index is 2.06. The van der Waals surface area contributed by atoms with Gasteiger partial charge < -0.3 is 0 Å². The number of rotatable bonds is 9. The van der Waals surface area contributed by atoms with Crippen molar-refractivity contribution in [2.45, 2.75) is 43.9 Å². The first-order chi connectivity index (χ1) is 11.5. The van der Waals surface area contributed by atoms with E-state index in [1.54, 1.807) is 30.3 Å². The van der Waals surface area contributed by atoms with Crippen LogP contribution < -0.4 is 4.72 Å². The molecular weight excluding hydrogens is 324 g/mol. The summed E-state index contributed by atoms with van der Waals surface area (Å²) >= 11 is 0. The van der Waals surface area contributed by atoms with Crippen LogP contribution in [0.3, 0.4) is 0 Å². The molecule has 5 nitrogen and oxygen atoms in total. The maximum absolute atomic E-state index is 12.3. The first kappa shape index (κ1) is 18.1. The van der Waals surface area contributed by atoms with Gasteiger partial charge in [-0.2, -0.15) is 0 Å². The Morgan fingerprint density at radius 1 is 1.12 bits per heavy atom. The van der Waals surface area contributed by atoms with E-state index in [9.17, 15) is 13.2 Å². The van der Waals surface area contributed by atoms with E-state index in [4.69, 9.17) is 0 Å². The van der Waals surface area contributed by atoms with Crippen molar-refractivity contribution in [3.8, 4) is 0 Å². The van der Waals surface area contributed by atoms with E-state index in [0.717, 1.165) is 25.7 Å². The summed E-state index contributed by atoms with van der Waals surface area (Å²) in [7, 11) is -3.70. The predicted molar refractivity (Wildman–Crippen MR) is 94.6 cm³/mol. The van der Waals surface area contributed by atoms with Gasteiger partial charge in [0.05, 0.1) is 0 Å². The quantitative estimate of drug-likeness (QED) is 0.549. The molecule has 0 amide bonds. The van der Waals surface area contributed by atoms with Crippen molar-refractivity contribution in [3.05, 3.63) is 54.4 Å². The highest BCUT2D eigenvalue weighted by Crippen LogP contribution is 2.18. The van der Waals surface area contributed by atoms with Gasteiger partial charge in [0, 0.05) is 30.1 Å². The summed E-state index contributed by atoms with van der Waals surface area (Å²) in [5, 5.41) is 0. The Labute approximate surface area is 143 Å². The standard InChI is InChI=1S/C18H22N2O3S/c1-2-3-4-5-11-18(21)15-8-6-9-16(13-15)20-24(22,23)17-10-7-12-19-14-17/h6-10,12-14,20H,2-5,11H2,1H3. The lowest BCUT2D eigenvalue weighted by Gasteiger charge is -2.09. The largest absolute Gasteiger partial charge is 0.294 e. The maximum Gasteiger partial charge on any atom is 0.263 e. The second-order valence-corrected chi connectivity index (χ2v) is 7.29. The number of nitrogens with one attached hydrogen (secondary N) is 1. The number of benzene rings is 1. The Hall–Kier alpha value is -2.21. The van der Waals surface area contributed by atoms with E-state index in [1.807, 2.05) is 0 Å². The molecule has 0 aliphatic heterocycles. The van der Waals surface area contributed by atoms with Gasteiger partial charge in [0.15, 0.2) is 5.78 Å². The summed E-state index contributed by atoms with van der Waals surface area (Å²) in [5.41, 5.74) is 0.899. The average molecular weight is 346 g/mol. The number of pyridine rings is 1. The van der Waals surface area contributed by atoms with Crippen LogP contribution in [0.25, 0.3) is 0 Å².